The van der Waals surface area contributed by atoms with Gasteiger partial charge in [-0.15, -0.1) is 0 Å². The Hall–Kier alpha value is -4.04. The number of aromatic hydroxyl groups is 1. The number of ether oxygens (including phenoxy) is 2. The van der Waals surface area contributed by atoms with Gasteiger partial charge in [-0.3, -0.25) is 19.2 Å². The van der Waals surface area contributed by atoms with Crippen molar-refractivity contribution in [1.82, 2.24) is 4.90 Å². The number of methoxy groups -OCH3 is 2. The Morgan fingerprint density at radius 1 is 1.03 bits per heavy atom. The molecule has 2 aromatic carbocycles. The zero-order valence-electron chi connectivity index (χ0n) is 21.0. The monoisotopic (exact) mass is 491 g/mol. The molecule has 188 valence electrons. The van der Waals surface area contributed by atoms with Gasteiger partial charge in [-0.25, -0.2) is 0 Å². The van der Waals surface area contributed by atoms with Gasteiger partial charge in [0.25, 0.3) is 0 Å². The van der Waals surface area contributed by atoms with E-state index in [0.29, 0.717) is 36.1 Å². The molecule has 0 saturated carbocycles. The summed E-state index contributed by atoms with van der Waals surface area (Å²) in [7, 11) is 4.79. The van der Waals surface area contributed by atoms with Gasteiger partial charge in [-0.05, 0) is 57.2 Å². The van der Waals surface area contributed by atoms with Gasteiger partial charge in [-0.1, -0.05) is 12.1 Å². The molecule has 0 atom stereocenters. The highest BCUT2D eigenvalue weighted by Gasteiger charge is 2.26. The molecule has 0 saturated heterocycles. The smallest absolute Gasteiger partial charge is 0.190 e. The second-order valence-corrected chi connectivity index (χ2v) is 8.55. The third-order valence-corrected chi connectivity index (χ3v) is 6.16. The van der Waals surface area contributed by atoms with Gasteiger partial charge < -0.3 is 19.5 Å². The molecule has 0 unspecified atom stereocenters. The summed E-state index contributed by atoms with van der Waals surface area (Å²) < 4.78 is 10.8. The lowest BCUT2D eigenvalue weighted by molar-refractivity contribution is 0.0978. The Morgan fingerprint density at radius 3 is 2.28 bits per heavy atom. The van der Waals surface area contributed by atoms with Gasteiger partial charge in [0.1, 0.15) is 17.2 Å². The zero-order valence-corrected chi connectivity index (χ0v) is 21.0. The number of hydrogen-bond acceptors (Lipinski definition) is 8. The number of carbonyl (C=O) groups is 4. The van der Waals surface area contributed by atoms with E-state index in [4.69, 9.17) is 9.47 Å². The number of likely N-dealkylation sites (N-methyl/N-ethyl adjacent to an activating group) is 1. The van der Waals surface area contributed by atoms with Crippen molar-refractivity contribution < 1.29 is 33.8 Å². The van der Waals surface area contributed by atoms with Crippen molar-refractivity contribution in [2.45, 2.75) is 20.3 Å². The van der Waals surface area contributed by atoms with E-state index in [1.165, 1.54) is 52.4 Å². The average Bonchev–Trinajstić information content (AvgIpc) is 2.86. The highest BCUT2D eigenvalue weighted by atomic mass is 16.5. The number of rotatable bonds is 9. The third-order valence-electron chi connectivity index (χ3n) is 6.16. The fourth-order valence-corrected chi connectivity index (χ4v) is 4.33. The molecule has 1 N–H and O–H groups in total. The molecule has 8 nitrogen and oxygen atoms in total. The van der Waals surface area contributed by atoms with E-state index >= 15 is 0 Å². The van der Waals surface area contributed by atoms with Crippen LogP contribution in [0, 0.1) is 0 Å². The van der Waals surface area contributed by atoms with Crippen molar-refractivity contribution in [1.29, 1.82) is 0 Å². The van der Waals surface area contributed by atoms with Crippen molar-refractivity contribution in [2.75, 3.05) is 34.4 Å². The van der Waals surface area contributed by atoms with Crippen LogP contribution in [-0.4, -0.2) is 68.0 Å². The Kier molecular flexibility index (Phi) is 8.22. The predicted molar refractivity (Wildman–Crippen MR) is 137 cm³/mol. The molecule has 2 aromatic rings. The minimum atomic E-state index is -0.617. The minimum absolute atomic E-state index is 0.0143. The van der Waals surface area contributed by atoms with Crippen molar-refractivity contribution in [3.05, 3.63) is 63.7 Å². The summed E-state index contributed by atoms with van der Waals surface area (Å²) in [5.74, 6) is -1.13. The molecule has 3 rings (SSSR count). The number of nitrogens with zero attached hydrogens (tertiary/aromatic N) is 1. The molecule has 0 fully saturated rings. The lowest BCUT2D eigenvalue weighted by atomic mass is 9.91. The van der Waals surface area contributed by atoms with Crippen LogP contribution < -0.4 is 9.47 Å². The second-order valence-electron chi connectivity index (χ2n) is 8.55. The summed E-state index contributed by atoms with van der Waals surface area (Å²) in [6.45, 7) is 4.12. The van der Waals surface area contributed by atoms with Crippen LogP contribution in [0.1, 0.15) is 72.8 Å². The first-order valence-electron chi connectivity index (χ1n) is 11.4. The zero-order chi connectivity index (χ0) is 26.6. The second kappa shape index (κ2) is 11.1. The van der Waals surface area contributed by atoms with E-state index in [-0.39, 0.29) is 45.3 Å². The summed E-state index contributed by atoms with van der Waals surface area (Å²) in [4.78, 5) is 51.4. The normalized spacial score (nSPS) is 13.9. The Morgan fingerprint density at radius 2 is 1.75 bits per heavy atom. The van der Waals surface area contributed by atoms with Gasteiger partial charge in [0.15, 0.2) is 23.6 Å². The molecule has 0 radical (unpaired) electrons. The molecule has 0 aromatic heterocycles. The number of Topliss-reactive ketones (excluding diaryl/α,β-unsaturated/α-hetero) is 2. The first-order chi connectivity index (χ1) is 17.1. The molecule has 0 bridgehead atoms. The number of phenols is 1. The number of ketones is 3. The summed E-state index contributed by atoms with van der Waals surface area (Å²) in [5, 5.41) is 11.2. The maximum atomic E-state index is 13.3. The van der Waals surface area contributed by atoms with Crippen molar-refractivity contribution in [3.8, 4) is 17.2 Å². The van der Waals surface area contributed by atoms with E-state index in [0.717, 1.165) is 12.1 Å². The van der Waals surface area contributed by atoms with Crippen molar-refractivity contribution in [3.63, 3.8) is 0 Å². The van der Waals surface area contributed by atoms with Crippen LogP contribution >= 0.6 is 0 Å². The van der Waals surface area contributed by atoms with E-state index in [2.05, 4.69) is 4.90 Å². The molecule has 0 aliphatic carbocycles. The molecular weight excluding hydrogens is 462 g/mol. The molecule has 0 amide bonds. The summed E-state index contributed by atoms with van der Waals surface area (Å²) in [6.07, 6.45) is 5.70. The lowest BCUT2D eigenvalue weighted by Crippen LogP contribution is -2.24. The van der Waals surface area contributed by atoms with Gasteiger partial charge >= 0.3 is 0 Å². The summed E-state index contributed by atoms with van der Waals surface area (Å²) in [5.41, 5.74) is 1.77. The predicted octanol–water partition coefficient (Wildman–Crippen LogP) is 4.24. The SMILES string of the molecule is COc1cc(C=O)c(C(=O)C=Cc2ccc(C(C)=O)c(C(C)=O)c2OC)c(O)c1C1=CCN(C)CC1. The average molecular weight is 492 g/mol. The maximum absolute atomic E-state index is 13.3. The quantitative estimate of drug-likeness (QED) is 0.315. The van der Waals surface area contributed by atoms with Crippen LogP contribution in [0.15, 0.2) is 30.4 Å². The number of aldehydes is 1. The number of carbonyl (C=O) groups excluding carboxylic acids is 4. The molecule has 1 aliphatic rings. The van der Waals surface area contributed by atoms with Gasteiger partial charge in [-0.2, -0.15) is 0 Å². The number of phenolic OH excluding ortho intramolecular Hbond substituents is 1. The Balaban J connectivity index is 2.12. The number of benzene rings is 2. The first kappa shape index (κ1) is 26.6. The lowest BCUT2D eigenvalue weighted by Gasteiger charge is -2.24. The van der Waals surface area contributed by atoms with Crippen LogP contribution in [0.25, 0.3) is 11.6 Å². The largest absolute Gasteiger partial charge is 0.506 e. The molecule has 1 aliphatic heterocycles. The van der Waals surface area contributed by atoms with Crippen molar-refractivity contribution >= 4 is 35.3 Å². The van der Waals surface area contributed by atoms with Crippen molar-refractivity contribution in [2.24, 2.45) is 0 Å². The Labute approximate surface area is 209 Å². The van der Waals surface area contributed by atoms with Gasteiger partial charge in [0.05, 0.1) is 30.9 Å². The van der Waals surface area contributed by atoms with Crippen LogP contribution in [-0.2, 0) is 0 Å². The molecular formula is C28H29NO7. The topological polar surface area (TPSA) is 110 Å². The van der Waals surface area contributed by atoms with Gasteiger partial charge in [0.2, 0.25) is 0 Å². The summed E-state index contributed by atoms with van der Waals surface area (Å²) >= 11 is 0. The van der Waals surface area contributed by atoms with Gasteiger partial charge in [0, 0.05) is 29.8 Å². The fourth-order valence-electron chi connectivity index (χ4n) is 4.33. The number of hydrogen-bond donors (Lipinski definition) is 1. The molecule has 36 heavy (non-hydrogen) atoms. The van der Waals surface area contributed by atoms with Crippen LogP contribution in [0.4, 0.5) is 0 Å². The van der Waals surface area contributed by atoms with E-state index in [1.807, 2.05) is 13.1 Å². The highest BCUT2D eigenvalue weighted by Crippen LogP contribution is 2.41. The number of allylic oxidation sites excluding steroid dienone is 1. The van der Waals surface area contributed by atoms with E-state index < -0.39 is 5.78 Å². The first-order valence-corrected chi connectivity index (χ1v) is 11.4. The summed E-state index contributed by atoms with van der Waals surface area (Å²) in [6, 6.07) is 4.51. The molecule has 1 heterocycles. The third kappa shape index (κ3) is 5.13. The highest BCUT2D eigenvalue weighted by molar-refractivity contribution is 6.14. The van der Waals surface area contributed by atoms with E-state index in [1.54, 1.807) is 6.07 Å². The van der Waals surface area contributed by atoms with Crippen LogP contribution in [0.2, 0.25) is 0 Å². The van der Waals surface area contributed by atoms with E-state index in [9.17, 15) is 24.3 Å². The molecule has 0 spiro atoms. The van der Waals surface area contributed by atoms with Crippen LogP contribution in [0.5, 0.6) is 17.2 Å². The van der Waals surface area contributed by atoms with Crippen LogP contribution in [0.3, 0.4) is 0 Å². The fraction of sp³-hybridized carbons (Fsp3) is 0.286. The Bertz CT molecular complexity index is 1300. The standard InChI is InChI=1S/C28H29NO7/c1-16(31)21-8-6-19(28(36-5)24(21)17(2)32)7-9-22(33)25-20(15-30)14-23(35-4)26(27(25)34)18-10-12-29(3)13-11-18/h6-10,14-15,34H,11-13H2,1-5H3. The minimum Gasteiger partial charge on any atom is -0.506 e. The molecule has 8 heteroatoms. The maximum Gasteiger partial charge on any atom is 0.190 e.